The summed E-state index contributed by atoms with van der Waals surface area (Å²) in [6.07, 6.45) is 0. The highest BCUT2D eigenvalue weighted by atomic mass is 35.5. The quantitative estimate of drug-likeness (QED) is 0.355. The fourth-order valence-electron chi connectivity index (χ4n) is 3.50. The Morgan fingerprint density at radius 3 is 2.28 bits per heavy atom. The summed E-state index contributed by atoms with van der Waals surface area (Å²) in [7, 11) is 0. The molecule has 0 saturated carbocycles. The molecule has 0 unspecified atom stereocenters. The molecular weight excluding hydrogens is 426 g/mol. The summed E-state index contributed by atoms with van der Waals surface area (Å²) < 4.78 is 0. The topological polar surface area (TPSA) is 99.8 Å². The normalized spacial score (nSPS) is 10.9. The number of nitrogens with zero attached hydrogens (tertiary/aromatic N) is 2. The molecule has 7 nitrogen and oxygen atoms in total. The molecule has 2 heterocycles. The minimum absolute atomic E-state index is 0.131. The number of benzene rings is 3. The number of H-pyrrole nitrogens is 1. The Morgan fingerprint density at radius 1 is 0.844 bits per heavy atom. The van der Waals surface area contributed by atoms with Gasteiger partial charge in [-0.3, -0.25) is 25.4 Å². The molecule has 5 rings (SSSR count). The van der Waals surface area contributed by atoms with Gasteiger partial charge in [0.25, 0.3) is 11.5 Å². The number of hydrazine groups is 1. The van der Waals surface area contributed by atoms with Gasteiger partial charge in [0, 0.05) is 16.0 Å². The molecule has 3 N–H and O–H groups in total. The van der Waals surface area contributed by atoms with Crippen LogP contribution in [-0.4, -0.2) is 20.9 Å². The second-order valence-electron chi connectivity index (χ2n) is 7.06. The molecule has 1 amide bonds. The van der Waals surface area contributed by atoms with Crippen molar-refractivity contribution < 1.29 is 4.79 Å². The predicted octanol–water partition coefficient (Wildman–Crippen LogP) is 4.55. The Bertz CT molecular complexity index is 1550. The van der Waals surface area contributed by atoms with E-state index in [1.54, 1.807) is 36.4 Å². The average Bonchev–Trinajstić information content (AvgIpc) is 2.82. The second-order valence-corrected chi connectivity index (χ2v) is 7.47. The number of nitrogens with one attached hydrogen (secondary N) is 3. The van der Waals surface area contributed by atoms with Crippen LogP contribution in [0.5, 0.6) is 0 Å². The first-order valence-corrected chi connectivity index (χ1v) is 10.2. The second kappa shape index (κ2) is 8.13. The summed E-state index contributed by atoms with van der Waals surface area (Å²) in [5.41, 5.74) is 7.89. The average molecular weight is 442 g/mol. The van der Waals surface area contributed by atoms with Crippen LogP contribution < -0.4 is 16.4 Å². The number of halogens is 1. The highest BCUT2D eigenvalue weighted by molar-refractivity contribution is 6.33. The molecular formula is C24H16ClN5O2. The first-order chi connectivity index (χ1) is 15.6. The van der Waals surface area contributed by atoms with Gasteiger partial charge in [0.15, 0.2) is 0 Å². The van der Waals surface area contributed by atoms with Gasteiger partial charge >= 0.3 is 0 Å². The van der Waals surface area contributed by atoms with Gasteiger partial charge in [0.2, 0.25) is 5.95 Å². The number of pyridine rings is 1. The van der Waals surface area contributed by atoms with Crippen molar-refractivity contribution in [2.75, 3.05) is 5.43 Å². The van der Waals surface area contributed by atoms with Crippen molar-refractivity contribution in [3.05, 3.63) is 99.8 Å². The Morgan fingerprint density at radius 2 is 1.50 bits per heavy atom. The molecule has 156 valence electrons. The minimum Gasteiger partial charge on any atom is -0.291 e. The van der Waals surface area contributed by atoms with Crippen molar-refractivity contribution in [3.63, 3.8) is 0 Å². The monoisotopic (exact) mass is 441 g/mol. The van der Waals surface area contributed by atoms with Crippen LogP contribution in [0.15, 0.2) is 83.7 Å². The van der Waals surface area contributed by atoms with E-state index in [2.05, 4.69) is 25.8 Å². The molecule has 2 aromatic heterocycles. The van der Waals surface area contributed by atoms with E-state index >= 15 is 0 Å². The van der Waals surface area contributed by atoms with Gasteiger partial charge in [-0.15, -0.1) is 0 Å². The maximum atomic E-state index is 13.1. The number of amides is 1. The maximum Gasteiger partial charge on any atom is 0.270 e. The number of carbonyl (C=O) groups is 1. The molecule has 0 bridgehead atoms. The molecule has 0 atom stereocenters. The van der Waals surface area contributed by atoms with Crippen molar-refractivity contribution in [1.29, 1.82) is 0 Å². The van der Waals surface area contributed by atoms with Gasteiger partial charge in [-0.25, -0.2) is 9.97 Å². The largest absolute Gasteiger partial charge is 0.291 e. The van der Waals surface area contributed by atoms with Crippen LogP contribution in [0.4, 0.5) is 5.95 Å². The lowest BCUT2D eigenvalue weighted by Crippen LogP contribution is -2.31. The molecule has 0 aliphatic rings. The van der Waals surface area contributed by atoms with Crippen molar-refractivity contribution >= 4 is 45.3 Å². The molecule has 5 aromatic rings. The lowest BCUT2D eigenvalue weighted by Gasteiger charge is -2.12. The number of fused-ring (bicyclic) bond motifs is 2. The standard InChI is InChI=1S/C24H16ClN5O2/c25-18-10-4-1-8-15(18)21-13-17(14-7-2-5-11-19(14)26-21)23(32)29-30-24-27-20-12-6-3-9-16(20)22(31)28-24/h1-13H,(H,29,32)(H2,27,28,30,31). The van der Waals surface area contributed by atoms with Gasteiger partial charge in [-0.1, -0.05) is 60.1 Å². The zero-order valence-corrected chi connectivity index (χ0v) is 17.4. The summed E-state index contributed by atoms with van der Waals surface area (Å²) in [6, 6.07) is 23.3. The van der Waals surface area contributed by atoms with Crippen LogP contribution >= 0.6 is 11.6 Å². The highest BCUT2D eigenvalue weighted by Crippen LogP contribution is 2.29. The van der Waals surface area contributed by atoms with E-state index in [4.69, 9.17) is 11.6 Å². The predicted molar refractivity (Wildman–Crippen MR) is 126 cm³/mol. The number of para-hydroxylation sites is 2. The van der Waals surface area contributed by atoms with E-state index in [0.29, 0.717) is 38.1 Å². The van der Waals surface area contributed by atoms with Crippen molar-refractivity contribution in [2.24, 2.45) is 0 Å². The van der Waals surface area contributed by atoms with E-state index in [-0.39, 0.29) is 11.5 Å². The molecule has 8 heteroatoms. The van der Waals surface area contributed by atoms with E-state index in [9.17, 15) is 9.59 Å². The van der Waals surface area contributed by atoms with Crippen LogP contribution in [0, 0.1) is 0 Å². The third-order valence-electron chi connectivity index (χ3n) is 5.02. The number of hydrogen-bond acceptors (Lipinski definition) is 5. The van der Waals surface area contributed by atoms with Crippen LogP contribution in [0.3, 0.4) is 0 Å². The number of aromatic amines is 1. The number of rotatable bonds is 4. The van der Waals surface area contributed by atoms with E-state index < -0.39 is 5.91 Å². The van der Waals surface area contributed by atoms with Gasteiger partial charge in [0.05, 0.1) is 27.7 Å². The zero-order chi connectivity index (χ0) is 22.1. The first kappa shape index (κ1) is 19.7. The van der Waals surface area contributed by atoms with Gasteiger partial charge in [-0.2, -0.15) is 0 Å². The van der Waals surface area contributed by atoms with Crippen molar-refractivity contribution in [1.82, 2.24) is 20.4 Å². The highest BCUT2D eigenvalue weighted by Gasteiger charge is 2.15. The Balaban J connectivity index is 1.51. The minimum atomic E-state index is -0.410. The lowest BCUT2D eigenvalue weighted by molar-refractivity contribution is 0.0964. The van der Waals surface area contributed by atoms with Crippen molar-refractivity contribution in [2.45, 2.75) is 0 Å². The molecule has 0 saturated heterocycles. The van der Waals surface area contributed by atoms with Crippen LogP contribution in [0.1, 0.15) is 10.4 Å². The Hall–Kier alpha value is -4.23. The smallest absolute Gasteiger partial charge is 0.270 e. The molecule has 0 aliphatic heterocycles. The summed E-state index contributed by atoms with van der Waals surface area (Å²) >= 11 is 6.35. The maximum absolute atomic E-state index is 13.1. The summed E-state index contributed by atoms with van der Waals surface area (Å²) in [4.78, 5) is 37.0. The van der Waals surface area contributed by atoms with Crippen molar-refractivity contribution in [3.8, 4) is 11.3 Å². The molecule has 0 radical (unpaired) electrons. The van der Waals surface area contributed by atoms with Crippen LogP contribution in [0.2, 0.25) is 5.02 Å². The zero-order valence-electron chi connectivity index (χ0n) is 16.6. The molecule has 0 fully saturated rings. The molecule has 0 spiro atoms. The summed E-state index contributed by atoms with van der Waals surface area (Å²) in [5.74, 6) is -0.278. The Kier molecular flexibility index (Phi) is 5.01. The fourth-order valence-corrected chi connectivity index (χ4v) is 3.73. The number of aromatic nitrogens is 3. The van der Waals surface area contributed by atoms with Crippen LogP contribution in [0.25, 0.3) is 33.1 Å². The van der Waals surface area contributed by atoms with Gasteiger partial charge in [-0.05, 0) is 30.3 Å². The number of carbonyl (C=O) groups excluding carboxylic acids is 1. The number of hydrogen-bond donors (Lipinski definition) is 3. The fraction of sp³-hybridized carbons (Fsp3) is 0. The molecule has 0 aliphatic carbocycles. The van der Waals surface area contributed by atoms with E-state index in [0.717, 1.165) is 5.56 Å². The first-order valence-electron chi connectivity index (χ1n) is 9.80. The van der Waals surface area contributed by atoms with Gasteiger partial charge in [0.1, 0.15) is 0 Å². The summed E-state index contributed by atoms with van der Waals surface area (Å²) in [6.45, 7) is 0. The van der Waals surface area contributed by atoms with E-state index in [1.165, 1.54) is 0 Å². The SMILES string of the molecule is O=C(NNc1nc2ccccc2c(=O)[nH]1)c1cc(-c2ccccc2Cl)nc2ccccc12. The van der Waals surface area contributed by atoms with Gasteiger partial charge < -0.3 is 0 Å². The lowest BCUT2D eigenvalue weighted by atomic mass is 10.0. The number of anilines is 1. The Labute approximate surface area is 187 Å². The third kappa shape index (κ3) is 3.66. The van der Waals surface area contributed by atoms with Crippen LogP contribution in [-0.2, 0) is 0 Å². The van der Waals surface area contributed by atoms with E-state index in [1.807, 2.05) is 42.5 Å². The molecule has 3 aromatic carbocycles. The summed E-state index contributed by atoms with van der Waals surface area (Å²) in [5, 5.41) is 1.69. The molecule has 32 heavy (non-hydrogen) atoms. The third-order valence-corrected chi connectivity index (χ3v) is 5.35.